The maximum atomic E-state index is 12.1. The van der Waals surface area contributed by atoms with Gasteiger partial charge in [0.2, 0.25) is 0 Å². The van der Waals surface area contributed by atoms with Gasteiger partial charge in [0, 0.05) is 25.3 Å². The maximum Gasteiger partial charge on any atom is 0.315 e. The highest BCUT2D eigenvalue weighted by Crippen LogP contribution is 2.17. The van der Waals surface area contributed by atoms with E-state index in [1.54, 1.807) is 0 Å². The Morgan fingerprint density at radius 1 is 1.04 bits per heavy atom. The Kier molecular flexibility index (Phi) is 5.69. The molecule has 0 fully saturated rings. The zero-order valence-electron chi connectivity index (χ0n) is 14.1. The second-order valence-electron chi connectivity index (χ2n) is 6.02. The number of aliphatic hydroxyl groups excluding tert-OH is 1. The van der Waals surface area contributed by atoms with Gasteiger partial charge in [-0.15, -0.1) is 0 Å². The zero-order chi connectivity index (χ0) is 17.5. The Labute approximate surface area is 148 Å². The van der Waals surface area contributed by atoms with Crippen LogP contribution in [0, 0.1) is 0 Å². The van der Waals surface area contributed by atoms with Crippen LogP contribution in [0.5, 0.6) is 0 Å². The van der Waals surface area contributed by atoms with E-state index in [9.17, 15) is 9.90 Å². The van der Waals surface area contributed by atoms with Crippen molar-refractivity contribution in [1.29, 1.82) is 0 Å². The first-order valence-electron chi connectivity index (χ1n) is 8.45. The molecule has 0 aliphatic carbocycles. The molecule has 1 atom stereocenters. The first-order chi connectivity index (χ1) is 12.3. The first-order valence-corrected chi connectivity index (χ1v) is 8.45. The van der Waals surface area contributed by atoms with E-state index >= 15 is 0 Å². The lowest BCUT2D eigenvalue weighted by Crippen LogP contribution is -2.38. The van der Waals surface area contributed by atoms with E-state index in [1.807, 2.05) is 42.5 Å². The lowest BCUT2D eigenvalue weighted by molar-refractivity contribution is 0.216. The number of rotatable bonds is 6. The van der Waals surface area contributed by atoms with Gasteiger partial charge in [-0.05, 0) is 23.3 Å². The molecule has 1 aliphatic heterocycles. The fourth-order valence-corrected chi connectivity index (χ4v) is 2.82. The number of hydrogen-bond acceptors (Lipinski definition) is 3. The summed E-state index contributed by atoms with van der Waals surface area (Å²) in [5.41, 5.74) is 3.10. The summed E-state index contributed by atoms with van der Waals surface area (Å²) in [4.78, 5) is 14.4. The molecule has 1 heterocycles. The van der Waals surface area contributed by atoms with Crippen LogP contribution in [-0.4, -0.2) is 30.8 Å². The number of benzene rings is 2. The zero-order valence-corrected chi connectivity index (χ0v) is 14.1. The molecule has 0 spiro atoms. The molecule has 0 aromatic heterocycles. The van der Waals surface area contributed by atoms with E-state index in [0.29, 0.717) is 6.54 Å². The minimum absolute atomic E-state index is 0.143. The van der Waals surface area contributed by atoms with E-state index in [2.05, 4.69) is 39.8 Å². The van der Waals surface area contributed by atoms with Gasteiger partial charge in [-0.1, -0.05) is 54.6 Å². The normalized spacial score (nSPS) is 14.4. The van der Waals surface area contributed by atoms with Crippen LogP contribution in [0.1, 0.15) is 17.2 Å². The molecule has 5 nitrogen and oxygen atoms in total. The van der Waals surface area contributed by atoms with E-state index in [0.717, 1.165) is 24.2 Å². The molecule has 0 radical (unpaired) electrons. The van der Waals surface area contributed by atoms with Crippen molar-refractivity contribution in [2.24, 2.45) is 0 Å². The van der Waals surface area contributed by atoms with Gasteiger partial charge in [-0.3, -0.25) is 0 Å². The third kappa shape index (κ3) is 4.61. The fraction of sp³-hybridized carbons (Fsp3) is 0.250. The molecule has 2 aromatic carbocycles. The van der Waals surface area contributed by atoms with Gasteiger partial charge < -0.3 is 20.6 Å². The van der Waals surface area contributed by atoms with Crippen molar-refractivity contribution >= 4 is 11.7 Å². The smallest absolute Gasteiger partial charge is 0.315 e. The molecule has 3 N–H and O–H groups in total. The molecule has 25 heavy (non-hydrogen) atoms. The Morgan fingerprint density at radius 3 is 2.36 bits per heavy atom. The van der Waals surface area contributed by atoms with Crippen molar-refractivity contribution < 1.29 is 9.90 Å². The van der Waals surface area contributed by atoms with Crippen molar-refractivity contribution in [1.82, 2.24) is 10.6 Å². The van der Waals surface area contributed by atoms with Gasteiger partial charge in [0.15, 0.2) is 0 Å². The molecule has 1 aliphatic rings. The number of anilines is 1. The van der Waals surface area contributed by atoms with Crippen LogP contribution in [-0.2, 0) is 6.54 Å². The van der Waals surface area contributed by atoms with Crippen LogP contribution in [0.3, 0.4) is 0 Å². The summed E-state index contributed by atoms with van der Waals surface area (Å²) in [5.74, 6) is 0. The van der Waals surface area contributed by atoms with Crippen LogP contribution in [0.15, 0.2) is 66.7 Å². The average molecular weight is 337 g/mol. The molecule has 5 heteroatoms. The fourth-order valence-electron chi connectivity index (χ4n) is 2.82. The summed E-state index contributed by atoms with van der Waals surface area (Å²) in [6.45, 7) is 2.19. The highest BCUT2D eigenvalue weighted by atomic mass is 16.3. The molecule has 130 valence electrons. The highest BCUT2D eigenvalue weighted by molar-refractivity contribution is 5.74. The topological polar surface area (TPSA) is 64.6 Å². The predicted molar refractivity (Wildman–Crippen MR) is 99.4 cm³/mol. The van der Waals surface area contributed by atoms with E-state index in [-0.39, 0.29) is 12.6 Å². The summed E-state index contributed by atoms with van der Waals surface area (Å²) in [6.07, 6.45) is 4.31. The lowest BCUT2D eigenvalue weighted by atomic mass is 10.1. The summed E-state index contributed by atoms with van der Waals surface area (Å²) in [5, 5.41) is 15.1. The number of nitrogens with one attached hydrogen (secondary N) is 2. The van der Waals surface area contributed by atoms with Gasteiger partial charge in [-0.2, -0.15) is 0 Å². The SMILES string of the molecule is O=C(NCc1ccc(N2CC=CC2)cc1)NC(CO)c1ccccc1. The maximum absolute atomic E-state index is 12.1. The number of amides is 2. The first kappa shape index (κ1) is 17.0. The summed E-state index contributed by atoms with van der Waals surface area (Å²) in [7, 11) is 0. The van der Waals surface area contributed by atoms with Crippen LogP contribution in [0.25, 0.3) is 0 Å². The van der Waals surface area contributed by atoms with E-state index < -0.39 is 6.04 Å². The van der Waals surface area contributed by atoms with Crippen molar-refractivity contribution in [2.75, 3.05) is 24.6 Å². The molecule has 2 aromatic rings. The van der Waals surface area contributed by atoms with E-state index in [1.165, 1.54) is 5.69 Å². The Balaban J connectivity index is 1.50. The third-order valence-electron chi connectivity index (χ3n) is 4.26. The van der Waals surface area contributed by atoms with Crippen LogP contribution < -0.4 is 15.5 Å². The second-order valence-corrected chi connectivity index (χ2v) is 6.02. The largest absolute Gasteiger partial charge is 0.394 e. The minimum Gasteiger partial charge on any atom is -0.394 e. The quantitative estimate of drug-likeness (QED) is 0.710. The number of carbonyl (C=O) groups excluding carboxylic acids is 1. The van der Waals surface area contributed by atoms with Crippen molar-refractivity contribution in [3.8, 4) is 0 Å². The highest BCUT2D eigenvalue weighted by Gasteiger charge is 2.13. The van der Waals surface area contributed by atoms with Crippen LogP contribution >= 0.6 is 0 Å². The minimum atomic E-state index is -0.411. The molecular weight excluding hydrogens is 314 g/mol. The molecule has 1 unspecified atom stereocenters. The number of carbonyl (C=O) groups is 1. The van der Waals surface area contributed by atoms with Gasteiger partial charge in [0.1, 0.15) is 0 Å². The third-order valence-corrected chi connectivity index (χ3v) is 4.26. The van der Waals surface area contributed by atoms with Crippen LogP contribution in [0.2, 0.25) is 0 Å². The van der Waals surface area contributed by atoms with Gasteiger partial charge in [-0.25, -0.2) is 4.79 Å². The van der Waals surface area contributed by atoms with Crippen molar-refractivity contribution in [3.63, 3.8) is 0 Å². The monoisotopic (exact) mass is 337 g/mol. The van der Waals surface area contributed by atoms with Gasteiger partial charge >= 0.3 is 6.03 Å². The lowest BCUT2D eigenvalue weighted by Gasteiger charge is -2.18. The van der Waals surface area contributed by atoms with Gasteiger partial charge in [0.05, 0.1) is 12.6 Å². The number of aliphatic hydroxyl groups is 1. The molecular formula is C20H23N3O2. The molecule has 3 rings (SSSR count). The standard InChI is InChI=1S/C20H23N3O2/c24-15-19(17-6-2-1-3-7-17)22-20(25)21-14-16-8-10-18(11-9-16)23-12-4-5-13-23/h1-11,19,24H,12-15H2,(H2,21,22,25). The van der Waals surface area contributed by atoms with Crippen LogP contribution in [0.4, 0.5) is 10.5 Å². The second kappa shape index (κ2) is 8.35. The Bertz CT molecular complexity index is 705. The Hall–Kier alpha value is -2.79. The number of urea groups is 1. The summed E-state index contributed by atoms with van der Waals surface area (Å²) < 4.78 is 0. The molecule has 2 amide bonds. The summed E-state index contributed by atoms with van der Waals surface area (Å²) >= 11 is 0. The van der Waals surface area contributed by atoms with Crippen molar-refractivity contribution in [3.05, 3.63) is 77.9 Å². The van der Waals surface area contributed by atoms with Gasteiger partial charge in [0.25, 0.3) is 0 Å². The number of hydrogen-bond donors (Lipinski definition) is 3. The summed E-state index contributed by atoms with van der Waals surface area (Å²) in [6, 6.07) is 16.9. The molecule has 0 bridgehead atoms. The van der Waals surface area contributed by atoms with Crippen molar-refractivity contribution in [2.45, 2.75) is 12.6 Å². The molecule has 0 saturated heterocycles. The average Bonchev–Trinajstić information content (AvgIpc) is 3.20. The van der Waals surface area contributed by atoms with E-state index in [4.69, 9.17) is 0 Å². The predicted octanol–water partition coefficient (Wildman–Crippen LogP) is 2.60. The Morgan fingerprint density at radius 2 is 1.72 bits per heavy atom. The molecule has 0 saturated carbocycles. The number of nitrogens with zero attached hydrogens (tertiary/aromatic N) is 1.